The van der Waals surface area contributed by atoms with Crippen molar-refractivity contribution >= 4 is 18.5 Å². The maximum atomic E-state index is 11.9. The minimum atomic E-state index is -0.378. The molecule has 2 N–H and O–H groups in total. The van der Waals surface area contributed by atoms with Gasteiger partial charge in [-0.3, -0.25) is 4.79 Å². The van der Waals surface area contributed by atoms with E-state index in [9.17, 15) is 9.90 Å². The third kappa shape index (κ3) is 2.23. The Morgan fingerprint density at radius 1 is 1.38 bits per heavy atom. The monoisotopic (exact) mass is 237 g/mol. The van der Waals surface area contributed by atoms with Crippen LogP contribution in [0.3, 0.4) is 0 Å². The van der Waals surface area contributed by atoms with Crippen molar-refractivity contribution in [1.82, 2.24) is 5.32 Å². The van der Waals surface area contributed by atoms with Gasteiger partial charge in [0.2, 0.25) is 0 Å². The number of benzene rings is 1. The molecular formula is C12H15NO2S. The van der Waals surface area contributed by atoms with Crippen LogP contribution in [0, 0.1) is 0 Å². The number of aliphatic hydroxyl groups is 1. The third-order valence-corrected chi connectivity index (χ3v) is 3.42. The Morgan fingerprint density at radius 3 is 2.44 bits per heavy atom. The summed E-state index contributed by atoms with van der Waals surface area (Å²) >= 11 is 4.16. The Kier molecular flexibility index (Phi) is 3.21. The minimum Gasteiger partial charge on any atom is -0.394 e. The van der Waals surface area contributed by atoms with Gasteiger partial charge in [-0.2, -0.15) is 0 Å². The summed E-state index contributed by atoms with van der Waals surface area (Å²) in [4.78, 5) is 12.7. The first-order valence-electron chi connectivity index (χ1n) is 5.38. The Labute approximate surface area is 100 Å². The zero-order valence-corrected chi connectivity index (χ0v) is 9.83. The lowest BCUT2D eigenvalue weighted by Gasteiger charge is -2.40. The minimum absolute atomic E-state index is 0.0173. The summed E-state index contributed by atoms with van der Waals surface area (Å²) < 4.78 is 0. The van der Waals surface area contributed by atoms with Crippen LogP contribution in [0.25, 0.3) is 0 Å². The van der Waals surface area contributed by atoms with Crippen molar-refractivity contribution in [3.05, 3.63) is 29.8 Å². The van der Waals surface area contributed by atoms with Crippen molar-refractivity contribution < 1.29 is 9.90 Å². The molecule has 3 nitrogen and oxygen atoms in total. The number of nitrogens with one attached hydrogen (secondary N) is 1. The van der Waals surface area contributed by atoms with Crippen LogP contribution in [0.1, 0.15) is 29.6 Å². The maximum Gasteiger partial charge on any atom is 0.251 e. The molecule has 0 aromatic heterocycles. The lowest BCUT2D eigenvalue weighted by Crippen LogP contribution is -2.56. The molecule has 2 rings (SSSR count). The Hall–Kier alpha value is -1.00. The SMILES string of the molecule is O=C(NC1(CO)CCC1)c1ccc(S)cc1. The van der Waals surface area contributed by atoms with Crippen molar-refractivity contribution in [2.24, 2.45) is 0 Å². The zero-order chi connectivity index (χ0) is 11.6. The van der Waals surface area contributed by atoms with Crippen LogP contribution >= 0.6 is 12.6 Å². The average molecular weight is 237 g/mol. The van der Waals surface area contributed by atoms with E-state index in [1.54, 1.807) is 24.3 Å². The molecule has 16 heavy (non-hydrogen) atoms. The number of rotatable bonds is 3. The molecule has 0 unspecified atom stereocenters. The quantitative estimate of drug-likeness (QED) is 0.700. The highest BCUT2D eigenvalue weighted by molar-refractivity contribution is 7.80. The van der Waals surface area contributed by atoms with Gasteiger partial charge < -0.3 is 10.4 Å². The number of hydrogen-bond acceptors (Lipinski definition) is 3. The molecule has 0 aliphatic heterocycles. The summed E-state index contributed by atoms with van der Waals surface area (Å²) in [6.07, 6.45) is 2.79. The molecule has 0 radical (unpaired) electrons. The van der Waals surface area contributed by atoms with Gasteiger partial charge in [-0.05, 0) is 43.5 Å². The Bertz CT molecular complexity index is 379. The first-order valence-corrected chi connectivity index (χ1v) is 5.82. The lowest BCUT2D eigenvalue weighted by atomic mass is 9.77. The zero-order valence-electron chi connectivity index (χ0n) is 8.94. The smallest absolute Gasteiger partial charge is 0.251 e. The van der Waals surface area contributed by atoms with Gasteiger partial charge in [-0.15, -0.1) is 12.6 Å². The summed E-state index contributed by atoms with van der Waals surface area (Å²) in [5.41, 5.74) is 0.231. The standard InChI is InChI=1S/C12H15NO2S/c14-8-12(6-1-7-12)13-11(15)9-2-4-10(16)5-3-9/h2-5,14,16H,1,6-8H2,(H,13,15). The normalized spacial score (nSPS) is 17.6. The van der Waals surface area contributed by atoms with E-state index in [0.717, 1.165) is 24.2 Å². The second-order valence-electron chi connectivity index (χ2n) is 4.29. The lowest BCUT2D eigenvalue weighted by molar-refractivity contribution is 0.0641. The molecule has 1 saturated carbocycles. The number of thiol groups is 1. The largest absolute Gasteiger partial charge is 0.394 e. The highest BCUT2D eigenvalue weighted by Gasteiger charge is 2.37. The number of carbonyl (C=O) groups excluding carboxylic acids is 1. The average Bonchev–Trinajstić information content (AvgIpc) is 2.24. The van der Waals surface area contributed by atoms with Gasteiger partial charge in [0.15, 0.2) is 0 Å². The molecule has 1 amide bonds. The summed E-state index contributed by atoms with van der Waals surface area (Å²) in [6, 6.07) is 7.04. The van der Waals surface area contributed by atoms with E-state index in [4.69, 9.17) is 0 Å². The van der Waals surface area contributed by atoms with E-state index in [0.29, 0.717) is 5.56 Å². The first kappa shape index (κ1) is 11.5. The molecule has 1 aromatic rings. The highest BCUT2D eigenvalue weighted by Crippen LogP contribution is 2.31. The molecule has 1 aliphatic carbocycles. The fourth-order valence-electron chi connectivity index (χ4n) is 1.85. The van der Waals surface area contributed by atoms with Crippen molar-refractivity contribution in [2.75, 3.05) is 6.61 Å². The molecule has 1 fully saturated rings. The van der Waals surface area contributed by atoms with Crippen molar-refractivity contribution in [3.8, 4) is 0 Å². The van der Waals surface area contributed by atoms with Crippen LogP contribution in [-0.4, -0.2) is 23.2 Å². The van der Waals surface area contributed by atoms with Crippen LogP contribution < -0.4 is 5.32 Å². The molecule has 4 heteroatoms. The van der Waals surface area contributed by atoms with Gasteiger partial charge in [0.25, 0.3) is 5.91 Å². The molecule has 0 saturated heterocycles. The van der Waals surface area contributed by atoms with Crippen LogP contribution in [0.2, 0.25) is 0 Å². The van der Waals surface area contributed by atoms with Gasteiger partial charge in [-0.25, -0.2) is 0 Å². The second kappa shape index (κ2) is 4.47. The molecule has 0 atom stereocenters. The Morgan fingerprint density at radius 2 is 2.00 bits per heavy atom. The van der Waals surface area contributed by atoms with Gasteiger partial charge in [0, 0.05) is 10.5 Å². The van der Waals surface area contributed by atoms with Crippen LogP contribution in [0.4, 0.5) is 0 Å². The predicted octanol–water partition coefficient (Wildman–Crippen LogP) is 1.62. The van der Waals surface area contributed by atoms with Gasteiger partial charge in [-0.1, -0.05) is 0 Å². The van der Waals surface area contributed by atoms with E-state index in [2.05, 4.69) is 17.9 Å². The van der Waals surface area contributed by atoms with Crippen molar-refractivity contribution in [1.29, 1.82) is 0 Å². The van der Waals surface area contributed by atoms with Crippen LogP contribution in [0.5, 0.6) is 0 Å². The molecule has 0 heterocycles. The van der Waals surface area contributed by atoms with E-state index in [1.807, 2.05) is 0 Å². The fraction of sp³-hybridized carbons (Fsp3) is 0.417. The molecular weight excluding hydrogens is 222 g/mol. The highest BCUT2D eigenvalue weighted by atomic mass is 32.1. The summed E-state index contributed by atoms with van der Waals surface area (Å²) in [7, 11) is 0. The Balaban J connectivity index is 2.05. The van der Waals surface area contributed by atoms with E-state index in [-0.39, 0.29) is 18.1 Å². The fourth-order valence-corrected chi connectivity index (χ4v) is 2.00. The molecule has 1 aromatic carbocycles. The second-order valence-corrected chi connectivity index (χ2v) is 4.81. The topological polar surface area (TPSA) is 49.3 Å². The van der Waals surface area contributed by atoms with Gasteiger partial charge in [0.1, 0.15) is 0 Å². The van der Waals surface area contributed by atoms with Crippen LogP contribution in [0.15, 0.2) is 29.2 Å². The number of hydrogen-bond donors (Lipinski definition) is 3. The number of aliphatic hydroxyl groups excluding tert-OH is 1. The number of amides is 1. The van der Waals surface area contributed by atoms with Gasteiger partial charge in [0.05, 0.1) is 12.1 Å². The maximum absolute atomic E-state index is 11.9. The van der Waals surface area contributed by atoms with E-state index in [1.165, 1.54) is 0 Å². The molecule has 0 spiro atoms. The third-order valence-electron chi connectivity index (χ3n) is 3.12. The molecule has 1 aliphatic rings. The summed E-state index contributed by atoms with van der Waals surface area (Å²) in [6.45, 7) is 0.0173. The molecule has 0 bridgehead atoms. The number of carbonyl (C=O) groups is 1. The van der Waals surface area contributed by atoms with Gasteiger partial charge >= 0.3 is 0 Å². The van der Waals surface area contributed by atoms with Crippen molar-refractivity contribution in [3.63, 3.8) is 0 Å². The summed E-state index contributed by atoms with van der Waals surface area (Å²) in [5.74, 6) is -0.123. The predicted molar refractivity (Wildman–Crippen MR) is 64.8 cm³/mol. The first-order chi connectivity index (χ1) is 7.65. The van der Waals surface area contributed by atoms with E-state index < -0.39 is 0 Å². The van der Waals surface area contributed by atoms with E-state index >= 15 is 0 Å². The molecule has 86 valence electrons. The van der Waals surface area contributed by atoms with Crippen LogP contribution in [-0.2, 0) is 0 Å². The van der Waals surface area contributed by atoms with Crippen molar-refractivity contribution in [2.45, 2.75) is 29.7 Å². The summed E-state index contributed by atoms with van der Waals surface area (Å²) in [5, 5.41) is 12.2.